The number of aliphatic hydroxyl groups excluding tert-OH is 1. The summed E-state index contributed by atoms with van der Waals surface area (Å²) in [5.74, 6) is 0. The maximum Gasteiger partial charge on any atom is 0.164 e. The molecule has 0 fully saturated rings. The van der Waals surface area contributed by atoms with Gasteiger partial charge in [0.15, 0.2) is 6.61 Å². The van der Waals surface area contributed by atoms with Crippen molar-refractivity contribution < 1.29 is 10.2 Å². The van der Waals surface area contributed by atoms with Crippen molar-refractivity contribution >= 4 is 0 Å². The van der Waals surface area contributed by atoms with Gasteiger partial charge >= 0.3 is 0 Å². The Kier molecular flexibility index (Phi) is 2.22. The highest BCUT2D eigenvalue weighted by Crippen LogP contribution is 1.91. The van der Waals surface area contributed by atoms with Crippen LogP contribution in [0.15, 0.2) is 0 Å². The molecule has 0 bridgehead atoms. The Morgan fingerprint density at radius 3 is 2.29 bits per heavy atom. The lowest BCUT2D eigenvalue weighted by Crippen LogP contribution is -2.43. The Morgan fingerprint density at radius 1 is 1.86 bits per heavy atom. The fourth-order valence-electron chi connectivity index (χ4n) is 0.0559. The molecular weight excluding hydrogens is 94.0 g/mol. The number of nitrogens with two attached hydrogens (primary N) is 1. The summed E-state index contributed by atoms with van der Waals surface area (Å²) < 4.78 is 0. The maximum atomic E-state index is 8.35. The average molecular weight is 106 g/mol. The molecule has 0 saturated heterocycles. The third-order valence-electron chi connectivity index (χ3n) is 0.765. The van der Waals surface area contributed by atoms with Crippen molar-refractivity contribution in [3.05, 3.63) is 0 Å². The van der Waals surface area contributed by atoms with E-state index in [-0.39, 0.29) is 13.2 Å². The van der Waals surface area contributed by atoms with E-state index < -0.39 is 5.54 Å². The highest BCUT2D eigenvalue weighted by Gasteiger charge is 2.17. The van der Waals surface area contributed by atoms with E-state index in [1.165, 1.54) is 0 Å². The average Bonchev–Trinajstić information content (AvgIpc) is 1.68. The van der Waals surface area contributed by atoms with Gasteiger partial charge in [-0.25, -0.2) is 0 Å². The predicted molar refractivity (Wildman–Crippen MR) is 28.2 cm³/mol. The Bertz CT molecular complexity index is 47.7. The zero-order chi connectivity index (χ0) is 5.91. The molecule has 3 nitrogen and oxygen atoms in total. The Morgan fingerprint density at radius 2 is 2.29 bits per heavy atom. The smallest absolute Gasteiger partial charge is 0.164 e. The molecule has 0 aromatic carbocycles. The molecule has 3 heteroatoms. The first-order chi connectivity index (χ1) is 3.12. The summed E-state index contributed by atoms with van der Waals surface area (Å²) in [4.78, 5) is 0. The van der Waals surface area contributed by atoms with Gasteiger partial charge in [0.05, 0.1) is 6.61 Å². The van der Waals surface area contributed by atoms with Gasteiger partial charge in [-0.2, -0.15) is 0 Å². The van der Waals surface area contributed by atoms with Gasteiger partial charge in [-0.15, -0.1) is 0 Å². The number of rotatable bonds is 2. The zero-order valence-electron chi connectivity index (χ0n) is 4.44. The van der Waals surface area contributed by atoms with Crippen LogP contribution in [0.4, 0.5) is 0 Å². The van der Waals surface area contributed by atoms with Gasteiger partial charge in [0.1, 0.15) is 5.54 Å². The minimum atomic E-state index is -0.694. The van der Waals surface area contributed by atoms with Crippen LogP contribution in [0.2, 0.25) is 0 Å². The molecule has 0 aliphatic rings. The Labute approximate surface area is 42.8 Å². The van der Waals surface area contributed by atoms with E-state index in [1.807, 2.05) is 0 Å². The Hall–Kier alpha value is -0.120. The molecule has 0 radical (unpaired) electrons. The first-order valence-electron chi connectivity index (χ1n) is 2.17. The largest absolute Gasteiger partial charge is 0.444 e. The minimum absolute atomic E-state index is 0.0729. The van der Waals surface area contributed by atoms with Crippen LogP contribution in [0.1, 0.15) is 6.92 Å². The molecule has 1 unspecified atom stereocenters. The second-order valence-electron chi connectivity index (χ2n) is 1.99. The van der Waals surface area contributed by atoms with E-state index in [0.717, 1.165) is 0 Å². The molecule has 0 saturated carbocycles. The molecule has 0 aliphatic heterocycles. The number of hydrogen-bond acceptors (Lipinski definition) is 2. The first-order valence-corrected chi connectivity index (χ1v) is 2.17. The molecule has 0 aromatic heterocycles. The molecule has 44 valence electrons. The zero-order valence-corrected chi connectivity index (χ0v) is 4.44. The van der Waals surface area contributed by atoms with Crippen LogP contribution in [0, 0.1) is 0 Å². The fourth-order valence-corrected chi connectivity index (χ4v) is 0.0559. The van der Waals surface area contributed by atoms with E-state index >= 15 is 0 Å². The van der Waals surface area contributed by atoms with Crippen molar-refractivity contribution in [3.63, 3.8) is 0 Å². The Balaban J connectivity index is 3.36. The van der Waals surface area contributed by atoms with Crippen molar-refractivity contribution in [1.82, 2.24) is 0 Å². The van der Waals surface area contributed by atoms with Crippen LogP contribution in [0.25, 0.3) is 0 Å². The van der Waals surface area contributed by atoms with E-state index in [9.17, 15) is 0 Å². The van der Waals surface area contributed by atoms with E-state index in [0.29, 0.717) is 0 Å². The van der Waals surface area contributed by atoms with Gasteiger partial charge in [0, 0.05) is 0 Å². The SMILES string of the molecule is CC(N)(CO)C[OH2+]. The molecule has 0 heterocycles. The lowest BCUT2D eigenvalue weighted by molar-refractivity contribution is 0.134. The monoisotopic (exact) mass is 106 g/mol. The van der Waals surface area contributed by atoms with Crippen LogP contribution in [-0.4, -0.2) is 29.0 Å². The topological polar surface area (TPSA) is 69.2 Å². The quantitative estimate of drug-likeness (QED) is 0.417. The van der Waals surface area contributed by atoms with E-state index in [4.69, 9.17) is 15.9 Å². The van der Waals surface area contributed by atoms with Gasteiger partial charge in [-0.05, 0) is 6.92 Å². The van der Waals surface area contributed by atoms with Gasteiger partial charge in [0.25, 0.3) is 0 Å². The van der Waals surface area contributed by atoms with Crippen LogP contribution in [0.5, 0.6) is 0 Å². The molecule has 1 atom stereocenters. The van der Waals surface area contributed by atoms with Gasteiger partial charge in [-0.3, -0.25) is 0 Å². The molecule has 0 aromatic rings. The fraction of sp³-hybridized carbons (Fsp3) is 1.00. The molecule has 0 amide bonds. The second kappa shape index (κ2) is 2.26. The molecular formula is C4H12NO2+. The normalized spacial score (nSPS) is 18.9. The molecule has 7 heavy (non-hydrogen) atoms. The predicted octanol–water partition coefficient (Wildman–Crippen LogP) is -1.58. The lowest BCUT2D eigenvalue weighted by atomic mass is 10.1. The maximum absolute atomic E-state index is 8.35. The number of aliphatic hydroxyl groups is 1. The van der Waals surface area contributed by atoms with Crippen molar-refractivity contribution in [2.75, 3.05) is 13.2 Å². The minimum Gasteiger partial charge on any atom is -0.444 e. The first kappa shape index (κ1) is 6.88. The standard InChI is InChI=1S/C4H11NO2/c1-4(5,2-6)3-7/h6-7H,2-3,5H2,1H3/p+1. The molecule has 0 spiro atoms. The van der Waals surface area contributed by atoms with Crippen molar-refractivity contribution in [1.29, 1.82) is 0 Å². The second-order valence-corrected chi connectivity index (χ2v) is 1.99. The number of hydrogen-bond donors (Lipinski definition) is 2. The van der Waals surface area contributed by atoms with E-state index in [1.54, 1.807) is 6.92 Å². The summed E-state index contributed by atoms with van der Waals surface area (Å²) in [6.07, 6.45) is 0. The van der Waals surface area contributed by atoms with Gasteiger partial charge in [0.2, 0.25) is 0 Å². The summed E-state index contributed by atoms with van der Waals surface area (Å²) in [6.45, 7) is 1.60. The third-order valence-corrected chi connectivity index (χ3v) is 0.765. The van der Waals surface area contributed by atoms with Crippen molar-refractivity contribution in [3.8, 4) is 0 Å². The highest BCUT2D eigenvalue weighted by atomic mass is 16.3. The summed E-state index contributed by atoms with van der Waals surface area (Å²) in [6, 6.07) is 0. The van der Waals surface area contributed by atoms with Gasteiger partial charge < -0.3 is 15.9 Å². The summed E-state index contributed by atoms with van der Waals surface area (Å²) in [5.41, 5.74) is 4.58. The summed E-state index contributed by atoms with van der Waals surface area (Å²) in [5, 5.41) is 15.1. The van der Waals surface area contributed by atoms with Crippen LogP contribution < -0.4 is 5.73 Å². The van der Waals surface area contributed by atoms with Crippen molar-refractivity contribution in [2.45, 2.75) is 12.5 Å². The molecule has 5 N–H and O–H groups in total. The molecule has 0 rings (SSSR count). The van der Waals surface area contributed by atoms with Gasteiger partial charge in [-0.1, -0.05) is 0 Å². The molecule has 0 aliphatic carbocycles. The lowest BCUT2D eigenvalue weighted by Gasteiger charge is -2.13. The van der Waals surface area contributed by atoms with Crippen molar-refractivity contribution in [2.24, 2.45) is 5.73 Å². The summed E-state index contributed by atoms with van der Waals surface area (Å²) >= 11 is 0. The van der Waals surface area contributed by atoms with Crippen LogP contribution in [-0.2, 0) is 0 Å². The highest BCUT2D eigenvalue weighted by molar-refractivity contribution is 4.74. The van der Waals surface area contributed by atoms with E-state index in [2.05, 4.69) is 0 Å². The third kappa shape index (κ3) is 2.56. The van der Waals surface area contributed by atoms with Crippen LogP contribution in [0.3, 0.4) is 0 Å². The summed E-state index contributed by atoms with van der Waals surface area (Å²) in [7, 11) is 0. The van der Waals surface area contributed by atoms with Crippen LogP contribution >= 0.6 is 0 Å².